The van der Waals surface area contributed by atoms with Crippen molar-refractivity contribution in [3.63, 3.8) is 0 Å². The predicted molar refractivity (Wildman–Crippen MR) is 119 cm³/mol. The van der Waals surface area contributed by atoms with Crippen LogP contribution in [0.1, 0.15) is 52.1 Å². The molecule has 0 radical (unpaired) electrons. The number of fused-ring (bicyclic) bond motifs is 1. The predicted octanol–water partition coefficient (Wildman–Crippen LogP) is 2.96. The molecule has 3 N–H and O–H groups in total. The van der Waals surface area contributed by atoms with Gasteiger partial charge in [-0.1, -0.05) is 20.3 Å². The van der Waals surface area contributed by atoms with Gasteiger partial charge in [0.05, 0.1) is 19.5 Å². The third kappa shape index (κ3) is 4.75. The highest BCUT2D eigenvalue weighted by Crippen LogP contribution is 2.40. The maximum absolute atomic E-state index is 12.9. The summed E-state index contributed by atoms with van der Waals surface area (Å²) in [5.41, 5.74) is 3.28. The minimum Gasteiger partial charge on any atom is -0.494 e. The highest BCUT2D eigenvalue weighted by molar-refractivity contribution is 5.92. The lowest BCUT2D eigenvalue weighted by molar-refractivity contribution is -0.121. The van der Waals surface area contributed by atoms with Crippen LogP contribution >= 0.6 is 0 Å². The van der Waals surface area contributed by atoms with Gasteiger partial charge in [-0.05, 0) is 44.1 Å². The number of aromatic nitrogens is 3. The first-order chi connectivity index (χ1) is 14.8. The number of carbonyl (C=O) groups excluding carboxylic acids is 1. The summed E-state index contributed by atoms with van der Waals surface area (Å²) >= 11 is 0. The average molecular weight is 428 g/mol. The first-order valence-corrected chi connectivity index (χ1v) is 11.1. The Morgan fingerprint density at radius 3 is 2.87 bits per heavy atom. The van der Waals surface area contributed by atoms with Crippen molar-refractivity contribution in [3.05, 3.63) is 24.2 Å². The molecule has 31 heavy (non-hydrogen) atoms. The largest absolute Gasteiger partial charge is 0.494 e. The molecule has 0 saturated heterocycles. The summed E-state index contributed by atoms with van der Waals surface area (Å²) in [5.74, 6) is 1.06. The van der Waals surface area contributed by atoms with Crippen LogP contribution < -0.4 is 15.4 Å². The Morgan fingerprint density at radius 2 is 2.13 bits per heavy atom. The number of hydrogen-bond donors (Lipinski definition) is 3. The molecule has 1 amide bonds. The second-order valence-electron chi connectivity index (χ2n) is 9.67. The molecule has 2 aromatic heterocycles. The lowest BCUT2D eigenvalue weighted by Gasteiger charge is -2.30. The summed E-state index contributed by atoms with van der Waals surface area (Å²) in [6, 6.07) is 2.04. The van der Waals surface area contributed by atoms with E-state index in [0.717, 1.165) is 43.4 Å². The molecule has 1 saturated carbocycles. The molecule has 1 unspecified atom stereocenters. The first kappa shape index (κ1) is 21.8. The standard InChI is InChI=1S/C23H33N5O3/c1-14(29)26-16-7-5-6-15(8-16)22(30)27-21-9-17(20(31-4)12-24-21)18-11-25-28-13-23(2,3)10-19(18)28/h9,11-12,14-16,26,29H,5-8,10,13H2,1-4H3,(H,24,27,30)/t14?,15-,16+/m0/s1. The van der Waals surface area contributed by atoms with Crippen LogP contribution in [-0.4, -0.2) is 45.2 Å². The SMILES string of the molecule is COc1cnc(NC(=O)[C@H]2CCC[C@@H](NC(C)O)C2)cc1-c1cnn2c1CC(C)(C)C2. The van der Waals surface area contributed by atoms with E-state index < -0.39 is 6.23 Å². The van der Waals surface area contributed by atoms with Crippen molar-refractivity contribution >= 4 is 11.7 Å². The Labute approximate surface area is 183 Å². The van der Waals surface area contributed by atoms with Crippen molar-refractivity contribution in [2.24, 2.45) is 11.3 Å². The van der Waals surface area contributed by atoms with E-state index in [1.165, 1.54) is 5.69 Å². The summed E-state index contributed by atoms with van der Waals surface area (Å²) in [4.78, 5) is 17.3. The van der Waals surface area contributed by atoms with E-state index >= 15 is 0 Å². The highest BCUT2D eigenvalue weighted by atomic mass is 16.5. The zero-order chi connectivity index (χ0) is 22.2. The molecule has 168 valence electrons. The van der Waals surface area contributed by atoms with Crippen LogP contribution in [0.25, 0.3) is 11.1 Å². The topological polar surface area (TPSA) is 101 Å². The Kier molecular flexibility index (Phi) is 6.03. The van der Waals surface area contributed by atoms with Gasteiger partial charge in [-0.25, -0.2) is 4.98 Å². The molecule has 3 atom stereocenters. The maximum Gasteiger partial charge on any atom is 0.228 e. The van der Waals surface area contributed by atoms with E-state index in [0.29, 0.717) is 18.0 Å². The monoisotopic (exact) mass is 427 g/mol. The van der Waals surface area contributed by atoms with Crippen molar-refractivity contribution in [2.75, 3.05) is 12.4 Å². The van der Waals surface area contributed by atoms with Crippen LogP contribution in [0.4, 0.5) is 5.82 Å². The van der Waals surface area contributed by atoms with E-state index in [1.54, 1.807) is 20.2 Å². The van der Waals surface area contributed by atoms with Gasteiger partial charge in [-0.2, -0.15) is 5.10 Å². The molecule has 4 rings (SSSR count). The summed E-state index contributed by atoms with van der Waals surface area (Å²) in [6.45, 7) is 7.08. The normalized spacial score (nSPS) is 23.3. The molecule has 0 aromatic carbocycles. The van der Waals surface area contributed by atoms with E-state index in [-0.39, 0.29) is 23.3 Å². The number of carbonyl (C=O) groups is 1. The van der Waals surface area contributed by atoms with Crippen LogP contribution in [0.15, 0.2) is 18.5 Å². The number of aliphatic hydroxyl groups is 1. The maximum atomic E-state index is 12.9. The molecule has 1 fully saturated rings. The van der Waals surface area contributed by atoms with Gasteiger partial charge in [0.15, 0.2) is 0 Å². The number of nitrogens with one attached hydrogen (secondary N) is 2. The van der Waals surface area contributed by atoms with Gasteiger partial charge < -0.3 is 15.2 Å². The Balaban J connectivity index is 1.53. The van der Waals surface area contributed by atoms with Crippen LogP contribution in [0.2, 0.25) is 0 Å². The molecule has 1 aliphatic heterocycles. The minimum atomic E-state index is -0.569. The number of amides is 1. The molecule has 8 nitrogen and oxygen atoms in total. The van der Waals surface area contributed by atoms with Gasteiger partial charge in [-0.15, -0.1) is 0 Å². The molecule has 0 bridgehead atoms. The van der Waals surface area contributed by atoms with Crippen LogP contribution in [0.5, 0.6) is 5.75 Å². The summed E-state index contributed by atoms with van der Waals surface area (Å²) in [7, 11) is 1.63. The highest BCUT2D eigenvalue weighted by Gasteiger charge is 2.33. The summed E-state index contributed by atoms with van der Waals surface area (Å²) < 4.78 is 7.62. The first-order valence-electron chi connectivity index (χ1n) is 11.1. The van der Waals surface area contributed by atoms with E-state index in [9.17, 15) is 9.90 Å². The van der Waals surface area contributed by atoms with Crippen molar-refractivity contribution in [2.45, 2.75) is 71.7 Å². The average Bonchev–Trinajstić information content (AvgIpc) is 3.22. The Morgan fingerprint density at radius 1 is 1.32 bits per heavy atom. The summed E-state index contributed by atoms with van der Waals surface area (Å²) in [5, 5.41) is 20.3. The summed E-state index contributed by atoms with van der Waals surface area (Å²) in [6.07, 6.45) is 7.40. The van der Waals surface area contributed by atoms with Gasteiger partial charge in [-0.3, -0.25) is 14.8 Å². The number of rotatable bonds is 6. The lowest BCUT2D eigenvalue weighted by Crippen LogP contribution is -2.42. The molecule has 8 heteroatoms. The smallest absolute Gasteiger partial charge is 0.228 e. The number of aliphatic hydroxyl groups excluding tert-OH is 1. The van der Waals surface area contributed by atoms with E-state index in [2.05, 4.69) is 39.2 Å². The van der Waals surface area contributed by atoms with Gasteiger partial charge in [0.1, 0.15) is 17.8 Å². The van der Waals surface area contributed by atoms with Gasteiger partial charge in [0, 0.05) is 35.3 Å². The number of pyridine rings is 1. The number of methoxy groups -OCH3 is 1. The van der Waals surface area contributed by atoms with Gasteiger partial charge in [0.2, 0.25) is 5.91 Å². The fourth-order valence-electron chi connectivity index (χ4n) is 4.91. The molecule has 0 spiro atoms. The third-order valence-electron chi connectivity index (χ3n) is 6.32. The zero-order valence-corrected chi connectivity index (χ0v) is 18.8. The Bertz CT molecular complexity index is 953. The van der Waals surface area contributed by atoms with Crippen LogP contribution in [0.3, 0.4) is 0 Å². The van der Waals surface area contributed by atoms with Crippen LogP contribution in [-0.2, 0) is 17.8 Å². The second kappa shape index (κ2) is 8.59. The van der Waals surface area contributed by atoms with Crippen molar-refractivity contribution < 1.29 is 14.6 Å². The molecule has 3 heterocycles. The van der Waals surface area contributed by atoms with Gasteiger partial charge in [0.25, 0.3) is 0 Å². The molecule has 2 aromatic rings. The quantitative estimate of drug-likeness (QED) is 0.613. The Hall–Kier alpha value is -2.45. The van der Waals surface area contributed by atoms with Gasteiger partial charge >= 0.3 is 0 Å². The third-order valence-corrected chi connectivity index (χ3v) is 6.32. The molecular weight excluding hydrogens is 394 g/mol. The zero-order valence-electron chi connectivity index (χ0n) is 18.8. The number of anilines is 1. The van der Waals surface area contributed by atoms with Crippen molar-refractivity contribution in [3.8, 4) is 16.9 Å². The van der Waals surface area contributed by atoms with E-state index in [1.807, 2.05) is 12.3 Å². The van der Waals surface area contributed by atoms with Crippen LogP contribution in [0, 0.1) is 11.3 Å². The molecule has 2 aliphatic rings. The molecule has 1 aliphatic carbocycles. The second-order valence-corrected chi connectivity index (χ2v) is 9.67. The number of hydrogen-bond acceptors (Lipinski definition) is 6. The fraction of sp³-hybridized carbons (Fsp3) is 0.609. The molecular formula is C23H33N5O3. The fourth-order valence-corrected chi connectivity index (χ4v) is 4.91. The lowest BCUT2D eigenvalue weighted by atomic mass is 9.85. The van der Waals surface area contributed by atoms with Crippen molar-refractivity contribution in [1.82, 2.24) is 20.1 Å². The number of nitrogens with zero attached hydrogens (tertiary/aromatic N) is 3. The van der Waals surface area contributed by atoms with E-state index in [4.69, 9.17) is 4.74 Å². The minimum absolute atomic E-state index is 0.0259. The number of ether oxygens (including phenoxy) is 1. The van der Waals surface area contributed by atoms with Crippen molar-refractivity contribution in [1.29, 1.82) is 0 Å².